The molecule has 0 saturated heterocycles. The van der Waals surface area contributed by atoms with Crippen LogP contribution in [0.15, 0.2) is 53.1 Å². The highest BCUT2D eigenvalue weighted by Gasteiger charge is 2.23. The summed E-state index contributed by atoms with van der Waals surface area (Å²) in [6, 6.07) is 12.8. The minimum atomic E-state index is -0.260. The smallest absolute Gasteiger partial charge is 0.289 e. The summed E-state index contributed by atoms with van der Waals surface area (Å²) in [5.41, 5.74) is 4.66. The first kappa shape index (κ1) is 21.0. The van der Waals surface area contributed by atoms with Crippen LogP contribution in [0.25, 0.3) is 0 Å². The van der Waals surface area contributed by atoms with E-state index in [2.05, 4.69) is 5.32 Å². The van der Waals surface area contributed by atoms with Crippen molar-refractivity contribution >= 4 is 29.1 Å². The van der Waals surface area contributed by atoms with Crippen molar-refractivity contribution in [1.82, 2.24) is 4.90 Å². The van der Waals surface area contributed by atoms with Gasteiger partial charge in [-0.15, -0.1) is 0 Å². The van der Waals surface area contributed by atoms with Crippen molar-refractivity contribution in [3.8, 4) is 5.75 Å². The minimum Gasteiger partial charge on any atom is -0.484 e. The molecule has 0 radical (unpaired) electrons. The standard InChI is InChI=1S/C24H23ClN2O4/c1-15-10-20(11-16(2)23(15)25)31-14-22(28)26-19-6-5-17-7-8-27(13-18(17)12-19)24(29)21-4-3-9-30-21/h3-6,9-12H,7-8,13-14H2,1-2H3,(H,26,28). The van der Waals surface area contributed by atoms with Gasteiger partial charge in [0.05, 0.1) is 6.26 Å². The molecule has 1 aromatic heterocycles. The molecule has 0 spiro atoms. The first-order valence-electron chi connectivity index (χ1n) is 10.0. The third-order valence-corrected chi connectivity index (χ3v) is 5.90. The largest absolute Gasteiger partial charge is 0.484 e. The van der Waals surface area contributed by atoms with E-state index in [0.29, 0.717) is 35.3 Å². The zero-order valence-corrected chi connectivity index (χ0v) is 18.2. The zero-order valence-electron chi connectivity index (χ0n) is 17.4. The number of aryl methyl sites for hydroxylation is 2. The Kier molecular flexibility index (Phi) is 6.00. The van der Waals surface area contributed by atoms with Crippen LogP contribution in [0.3, 0.4) is 0 Å². The van der Waals surface area contributed by atoms with E-state index < -0.39 is 0 Å². The highest BCUT2D eigenvalue weighted by molar-refractivity contribution is 6.32. The molecule has 1 aliphatic rings. The van der Waals surface area contributed by atoms with E-state index in [1.165, 1.54) is 11.8 Å². The average Bonchev–Trinajstić information content (AvgIpc) is 3.30. The number of hydrogen-bond acceptors (Lipinski definition) is 4. The molecule has 2 amide bonds. The van der Waals surface area contributed by atoms with Gasteiger partial charge < -0.3 is 19.4 Å². The van der Waals surface area contributed by atoms with Crippen LogP contribution in [0.5, 0.6) is 5.75 Å². The van der Waals surface area contributed by atoms with Gasteiger partial charge in [0.15, 0.2) is 12.4 Å². The molecule has 0 unspecified atom stereocenters. The van der Waals surface area contributed by atoms with Crippen LogP contribution < -0.4 is 10.1 Å². The van der Waals surface area contributed by atoms with E-state index in [4.69, 9.17) is 20.8 Å². The number of rotatable bonds is 5. The van der Waals surface area contributed by atoms with Crippen LogP contribution in [0, 0.1) is 13.8 Å². The lowest BCUT2D eigenvalue weighted by molar-refractivity contribution is -0.118. The molecule has 2 aromatic carbocycles. The number of nitrogens with zero attached hydrogens (tertiary/aromatic N) is 1. The zero-order chi connectivity index (χ0) is 22.0. The quantitative estimate of drug-likeness (QED) is 0.623. The number of carbonyl (C=O) groups excluding carboxylic acids is 2. The first-order valence-corrected chi connectivity index (χ1v) is 10.4. The number of anilines is 1. The van der Waals surface area contributed by atoms with Gasteiger partial charge in [0.25, 0.3) is 11.8 Å². The van der Waals surface area contributed by atoms with E-state index in [1.807, 2.05) is 44.2 Å². The van der Waals surface area contributed by atoms with Crippen molar-refractivity contribution in [3.05, 3.63) is 81.8 Å². The second-order valence-corrected chi connectivity index (χ2v) is 8.02. The normalized spacial score (nSPS) is 12.9. The molecule has 0 fully saturated rings. The molecule has 4 rings (SSSR count). The monoisotopic (exact) mass is 438 g/mol. The van der Waals surface area contributed by atoms with Crippen molar-refractivity contribution in [3.63, 3.8) is 0 Å². The summed E-state index contributed by atoms with van der Waals surface area (Å²) in [4.78, 5) is 26.7. The van der Waals surface area contributed by atoms with Crippen molar-refractivity contribution in [2.75, 3.05) is 18.5 Å². The van der Waals surface area contributed by atoms with Gasteiger partial charge in [-0.3, -0.25) is 9.59 Å². The van der Waals surface area contributed by atoms with Gasteiger partial charge in [-0.1, -0.05) is 17.7 Å². The van der Waals surface area contributed by atoms with Gasteiger partial charge in [0.1, 0.15) is 5.75 Å². The van der Waals surface area contributed by atoms with Gasteiger partial charge in [-0.2, -0.15) is 0 Å². The summed E-state index contributed by atoms with van der Waals surface area (Å²) in [5, 5.41) is 3.56. The third kappa shape index (κ3) is 4.75. The fourth-order valence-electron chi connectivity index (χ4n) is 3.70. The molecular weight excluding hydrogens is 416 g/mol. The molecule has 1 N–H and O–H groups in total. The van der Waals surface area contributed by atoms with Gasteiger partial charge in [-0.25, -0.2) is 0 Å². The maximum atomic E-state index is 12.6. The Balaban J connectivity index is 1.38. The number of amides is 2. The summed E-state index contributed by atoms with van der Waals surface area (Å²) in [5.74, 6) is 0.543. The van der Waals surface area contributed by atoms with Gasteiger partial charge in [0, 0.05) is 23.8 Å². The van der Waals surface area contributed by atoms with Crippen molar-refractivity contribution in [2.24, 2.45) is 0 Å². The summed E-state index contributed by atoms with van der Waals surface area (Å²) in [6.45, 7) is 4.79. The lowest BCUT2D eigenvalue weighted by Gasteiger charge is -2.28. The van der Waals surface area contributed by atoms with Gasteiger partial charge >= 0.3 is 0 Å². The fraction of sp³-hybridized carbons (Fsp3) is 0.250. The van der Waals surface area contributed by atoms with Gasteiger partial charge in [-0.05, 0) is 78.9 Å². The van der Waals surface area contributed by atoms with Crippen molar-refractivity contribution in [2.45, 2.75) is 26.8 Å². The van der Waals surface area contributed by atoms with E-state index in [0.717, 1.165) is 23.1 Å². The number of furan rings is 1. The summed E-state index contributed by atoms with van der Waals surface area (Å²) in [7, 11) is 0. The fourth-order valence-corrected chi connectivity index (χ4v) is 3.81. The molecule has 0 aliphatic carbocycles. The van der Waals surface area contributed by atoms with Gasteiger partial charge in [0.2, 0.25) is 0 Å². The van der Waals surface area contributed by atoms with Crippen molar-refractivity contribution in [1.29, 1.82) is 0 Å². The Morgan fingerprint density at radius 3 is 2.61 bits per heavy atom. The molecule has 0 bridgehead atoms. The molecule has 160 valence electrons. The van der Waals surface area contributed by atoms with Crippen LogP contribution in [0.4, 0.5) is 5.69 Å². The second kappa shape index (κ2) is 8.86. The number of fused-ring (bicyclic) bond motifs is 1. The summed E-state index contributed by atoms with van der Waals surface area (Å²) in [6.07, 6.45) is 2.25. The Morgan fingerprint density at radius 1 is 1.13 bits per heavy atom. The van der Waals surface area contributed by atoms with Crippen LogP contribution in [0.2, 0.25) is 5.02 Å². The van der Waals surface area contributed by atoms with Crippen LogP contribution in [0.1, 0.15) is 32.8 Å². The van der Waals surface area contributed by atoms with E-state index >= 15 is 0 Å². The number of benzene rings is 2. The average molecular weight is 439 g/mol. The Hall–Kier alpha value is -3.25. The molecule has 6 nitrogen and oxygen atoms in total. The van der Waals surface area contributed by atoms with Crippen LogP contribution in [-0.4, -0.2) is 29.9 Å². The second-order valence-electron chi connectivity index (χ2n) is 7.65. The van der Waals surface area contributed by atoms with Crippen LogP contribution in [-0.2, 0) is 17.8 Å². The number of hydrogen-bond donors (Lipinski definition) is 1. The highest BCUT2D eigenvalue weighted by Crippen LogP contribution is 2.26. The summed E-state index contributed by atoms with van der Waals surface area (Å²) >= 11 is 6.17. The lowest BCUT2D eigenvalue weighted by atomic mass is 9.99. The molecule has 7 heteroatoms. The first-order chi connectivity index (χ1) is 14.9. The molecule has 0 saturated carbocycles. The van der Waals surface area contributed by atoms with E-state index in [1.54, 1.807) is 17.0 Å². The maximum Gasteiger partial charge on any atom is 0.289 e. The molecule has 31 heavy (non-hydrogen) atoms. The predicted octanol–water partition coefficient (Wildman–Crippen LogP) is 4.77. The molecule has 0 atom stereocenters. The van der Waals surface area contributed by atoms with E-state index in [-0.39, 0.29) is 18.4 Å². The number of halogens is 1. The Bertz CT molecular complexity index is 1100. The molecule has 1 aliphatic heterocycles. The number of carbonyl (C=O) groups is 2. The van der Waals surface area contributed by atoms with Crippen molar-refractivity contribution < 1.29 is 18.7 Å². The van der Waals surface area contributed by atoms with Crippen LogP contribution >= 0.6 is 11.6 Å². The summed E-state index contributed by atoms with van der Waals surface area (Å²) < 4.78 is 10.9. The predicted molar refractivity (Wildman–Crippen MR) is 119 cm³/mol. The third-order valence-electron chi connectivity index (χ3n) is 5.30. The maximum absolute atomic E-state index is 12.6. The lowest BCUT2D eigenvalue weighted by Crippen LogP contribution is -2.35. The number of ether oxygens (including phenoxy) is 1. The Labute approximate surface area is 185 Å². The molecule has 2 heterocycles. The SMILES string of the molecule is Cc1cc(OCC(=O)Nc2ccc3c(c2)CN(C(=O)c2ccco2)CC3)cc(C)c1Cl. The number of nitrogens with one attached hydrogen (secondary N) is 1. The topological polar surface area (TPSA) is 71.8 Å². The molecular formula is C24H23ClN2O4. The highest BCUT2D eigenvalue weighted by atomic mass is 35.5. The van der Waals surface area contributed by atoms with E-state index in [9.17, 15) is 9.59 Å². The Morgan fingerprint density at radius 2 is 1.90 bits per heavy atom. The minimum absolute atomic E-state index is 0.110. The molecule has 3 aromatic rings.